The van der Waals surface area contributed by atoms with Crippen molar-refractivity contribution in [3.8, 4) is 17.0 Å². The normalized spacial score (nSPS) is 20.2. The van der Waals surface area contributed by atoms with Crippen LogP contribution in [0, 0.1) is 5.41 Å². The van der Waals surface area contributed by atoms with E-state index in [-0.39, 0.29) is 28.7 Å². The van der Waals surface area contributed by atoms with Crippen LogP contribution in [0.1, 0.15) is 41.3 Å². The van der Waals surface area contributed by atoms with E-state index in [1.54, 1.807) is 36.4 Å². The number of nitrogen functional groups attached to an aromatic ring is 1. The molecule has 15 heteroatoms. The summed E-state index contributed by atoms with van der Waals surface area (Å²) in [6.45, 7) is 5.99. The molecule has 3 aromatic rings. The van der Waals surface area contributed by atoms with Gasteiger partial charge in [0.15, 0.2) is 0 Å². The minimum Gasteiger partial charge on any atom is -0.480 e. The van der Waals surface area contributed by atoms with Crippen molar-refractivity contribution >= 4 is 23.6 Å². The number of rotatable bonds is 10. The molecule has 0 aliphatic carbocycles. The number of carbonyl (C=O) groups excluding carboxylic acids is 1. The fourth-order valence-corrected chi connectivity index (χ4v) is 6.70. The van der Waals surface area contributed by atoms with Crippen molar-refractivity contribution in [2.75, 3.05) is 69.7 Å². The predicted octanol–water partition coefficient (Wildman–Crippen LogP) is 3.50. The van der Waals surface area contributed by atoms with Gasteiger partial charge in [-0.05, 0) is 47.9 Å². The van der Waals surface area contributed by atoms with Gasteiger partial charge in [0.1, 0.15) is 11.9 Å². The second-order valence-corrected chi connectivity index (χ2v) is 12.8. The first-order valence-corrected chi connectivity index (χ1v) is 16.4. The number of amides is 1. The van der Waals surface area contributed by atoms with Gasteiger partial charge in [0.25, 0.3) is 5.91 Å². The highest BCUT2D eigenvalue weighted by molar-refractivity contribution is 5.94. The van der Waals surface area contributed by atoms with E-state index in [9.17, 15) is 27.9 Å². The molecule has 1 aromatic heterocycles. The molecule has 6 rings (SSSR count). The van der Waals surface area contributed by atoms with Gasteiger partial charge in [0.2, 0.25) is 17.9 Å². The number of nitrogens with zero attached hydrogens (tertiary/aromatic N) is 4. The number of aromatic nitrogens is 2. The van der Waals surface area contributed by atoms with Crippen LogP contribution in [0.25, 0.3) is 11.1 Å². The van der Waals surface area contributed by atoms with Crippen molar-refractivity contribution in [1.29, 1.82) is 0 Å². The summed E-state index contributed by atoms with van der Waals surface area (Å²) in [6.07, 6.45) is -5.14. The van der Waals surface area contributed by atoms with Gasteiger partial charge >= 0.3 is 12.1 Å². The number of halogens is 3. The van der Waals surface area contributed by atoms with Gasteiger partial charge in [-0.3, -0.25) is 14.5 Å². The van der Waals surface area contributed by atoms with E-state index >= 15 is 0 Å². The third kappa shape index (κ3) is 8.40. The zero-order valence-corrected chi connectivity index (χ0v) is 26.9. The number of nitrogens with two attached hydrogens (primary N) is 1. The first-order valence-electron chi connectivity index (χ1n) is 16.4. The average Bonchev–Trinajstić information content (AvgIpc) is 3.51. The highest BCUT2D eigenvalue weighted by Gasteiger charge is 2.45. The largest absolute Gasteiger partial charge is 0.480 e. The molecule has 1 amide bonds. The molecule has 0 bridgehead atoms. The van der Waals surface area contributed by atoms with Crippen LogP contribution in [0.2, 0.25) is 0 Å². The fraction of sp³-hybridized carbons (Fsp3) is 0.471. The van der Waals surface area contributed by atoms with Crippen LogP contribution in [0.3, 0.4) is 0 Å². The summed E-state index contributed by atoms with van der Waals surface area (Å²) >= 11 is 0. The molecule has 3 fully saturated rings. The Bertz CT molecular complexity index is 1610. The van der Waals surface area contributed by atoms with E-state index in [0.29, 0.717) is 75.6 Å². The molecule has 2 aromatic carbocycles. The van der Waals surface area contributed by atoms with Crippen molar-refractivity contribution in [2.24, 2.45) is 5.41 Å². The Labute approximate surface area is 281 Å². The predicted molar refractivity (Wildman–Crippen MR) is 175 cm³/mol. The van der Waals surface area contributed by atoms with Crippen LogP contribution in [0.15, 0.2) is 54.6 Å². The Morgan fingerprint density at radius 2 is 1.69 bits per heavy atom. The number of nitrogens with one attached hydrogen (secondary N) is 2. The van der Waals surface area contributed by atoms with E-state index in [0.717, 1.165) is 25.2 Å². The van der Waals surface area contributed by atoms with Gasteiger partial charge in [0.05, 0.1) is 13.2 Å². The Hall–Kier alpha value is -4.47. The lowest BCUT2D eigenvalue weighted by atomic mass is 9.76. The highest BCUT2D eigenvalue weighted by atomic mass is 19.4. The van der Waals surface area contributed by atoms with Crippen molar-refractivity contribution in [3.05, 3.63) is 65.7 Å². The second-order valence-electron chi connectivity index (χ2n) is 12.8. The third-order valence-corrected chi connectivity index (χ3v) is 9.56. The highest BCUT2D eigenvalue weighted by Crippen LogP contribution is 2.41. The van der Waals surface area contributed by atoms with Crippen molar-refractivity contribution < 1.29 is 37.3 Å². The van der Waals surface area contributed by atoms with Gasteiger partial charge in [-0.2, -0.15) is 23.1 Å². The lowest BCUT2D eigenvalue weighted by Gasteiger charge is -2.39. The van der Waals surface area contributed by atoms with Gasteiger partial charge < -0.3 is 35.8 Å². The van der Waals surface area contributed by atoms with Crippen LogP contribution in [0.4, 0.5) is 24.9 Å². The van der Waals surface area contributed by atoms with Crippen LogP contribution >= 0.6 is 0 Å². The summed E-state index contributed by atoms with van der Waals surface area (Å²) in [6, 6.07) is 13.5. The molecule has 262 valence electrons. The van der Waals surface area contributed by atoms with E-state index in [1.165, 1.54) is 18.2 Å². The molecule has 5 N–H and O–H groups in total. The topological polar surface area (TPSA) is 155 Å². The number of alkyl halides is 3. The van der Waals surface area contributed by atoms with Crippen LogP contribution in [-0.4, -0.2) is 103 Å². The number of anilines is 2. The monoisotopic (exact) mass is 683 g/mol. The zero-order valence-electron chi connectivity index (χ0n) is 26.9. The summed E-state index contributed by atoms with van der Waals surface area (Å²) in [5.74, 6) is -1.24. The Kier molecular flexibility index (Phi) is 10.2. The van der Waals surface area contributed by atoms with Gasteiger partial charge in [0, 0.05) is 63.0 Å². The van der Waals surface area contributed by atoms with Gasteiger partial charge in [-0.1, -0.05) is 36.4 Å². The van der Waals surface area contributed by atoms with Crippen LogP contribution < -0.4 is 26.0 Å². The van der Waals surface area contributed by atoms with E-state index < -0.39 is 24.3 Å². The number of morpholine rings is 1. The van der Waals surface area contributed by atoms with Crippen molar-refractivity contribution in [2.45, 2.75) is 37.6 Å². The summed E-state index contributed by atoms with van der Waals surface area (Å²) in [5, 5.41) is 15.3. The molecule has 49 heavy (non-hydrogen) atoms. The zero-order chi connectivity index (χ0) is 34.6. The van der Waals surface area contributed by atoms with Crippen LogP contribution in [-0.2, 0) is 9.53 Å². The molecule has 0 radical (unpaired) electrons. The summed E-state index contributed by atoms with van der Waals surface area (Å²) in [5.41, 5.74) is 7.55. The summed E-state index contributed by atoms with van der Waals surface area (Å²) in [7, 11) is 0. The third-order valence-electron chi connectivity index (χ3n) is 9.56. The SMILES string of the molecule is Nc1nc(OC(c2ccc(-c3ccc(C(=O)NCCN4CCOCC4)cc3)cc2)C(F)(F)F)cc(N2CCC3(CC2)CN[C@H](C(=O)O)C3)n1. The number of hydrogen-bond donors (Lipinski definition) is 4. The molecular formula is C34H40F3N7O5. The van der Waals surface area contributed by atoms with Crippen molar-refractivity contribution in [1.82, 2.24) is 25.5 Å². The molecular weight excluding hydrogens is 643 g/mol. The van der Waals surface area contributed by atoms with Crippen LogP contribution in [0.5, 0.6) is 5.88 Å². The molecule has 3 saturated heterocycles. The van der Waals surface area contributed by atoms with E-state index in [4.69, 9.17) is 15.2 Å². The average molecular weight is 684 g/mol. The quantitative estimate of drug-likeness (QED) is 0.248. The Morgan fingerprint density at radius 1 is 1.04 bits per heavy atom. The maximum Gasteiger partial charge on any atom is 0.429 e. The number of piperidine rings is 1. The minimum absolute atomic E-state index is 0.118. The Balaban J connectivity index is 1.08. The molecule has 1 unspecified atom stereocenters. The number of carboxylic acid groups (broad SMARTS) is 1. The molecule has 4 heterocycles. The molecule has 3 aliphatic heterocycles. The number of aliphatic carboxylic acids is 1. The number of hydrogen-bond acceptors (Lipinski definition) is 10. The molecule has 1 spiro atoms. The van der Waals surface area contributed by atoms with E-state index in [2.05, 4.69) is 25.5 Å². The van der Waals surface area contributed by atoms with E-state index in [1.807, 2.05) is 4.90 Å². The smallest absolute Gasteiger partial charge is 0.429 e. The number of carbonyl (C=O) groups is 2. The lowest BCUT2D eigenvalue weighted by Crippen LogP contribution is -2.41. The molecule has 0 saturated carbocycles. The minimum atomic E-state index is -4.76. The second kappa shape index (κ2) is 14.6. The first-order chi connectivity index (χ1) is 23.5. The molecule has 12 nitrogen and oxygen atoms in total. The van der Waals surface area contributed by atoms with Gasteiger partial charge in [-0.15, -0.1) is 0 Å². The standard InChI is InChI=1S/C34H40F3N7O5/c35-34(36,37)29(49-28-19-27(41-32(38)42-28)44-12-9-33(10-13-44)20-26(31(46)47)40-21-33)24-5-1-22(2-6-24)23-3-7-25(8-4-23)30(45)39-11-14-43-15-17-48-18-16-43/h1-8,19,26,29,40H,9-18,20-21H2,(H,39,45)(H,46,47)(H2,38,41,42)/t26-,29?/m0/s1. The number of ether oxygens (including phenoxy) is 2. The lowest BCUT2D eigenvalue weighted by molar-refractivity contribution is -0.198. The maximum absolute atomic E-state index is 14.3. The summed E-state index contributed by atoms with van der Waals surface area (Å²) in [4.78, 5) is 36.3. The maximum atomic E-state index is 14.3. The summed E-state index contributed by atoms with van der Waals surface area (Å²) < 4.78 is 53.8. The van der Waals surface area contributed by atoms with Crippen molar-refractivity contribution in [3.63, 3.8) is 0 Å². The number of carboxylic acids is 1. The Morgan fingerprint density at radius 3 is 2.31 bits per heavy atom. The number of benzene rings is 2. The molecule has 3 aliphatic rings. The van der Waals surface area contributed by atoms with Gasteiger partial charge in [-0.25, -0.2) is 0 Å². The fourth-order valence-electron chi connectivity index (χ4n) is 6.70. The molecule has 2 atom stereocenters. The first kappa shape index (κ1) is 34.4.